The van der Waals surface area contributed by atoms with E-state index in [1.165, 1.54) is 0 Å². The van der Waals surface area contributed by atoms with Crippen LogP contribution in [-0.4, -0.2) is 77.1 Å². The van der Waals surface area contributed by atoms with Gasteiger partial charge < -0.3 is 25.2 Å². The molecule has 5 aliphatic rings. The minimum absolute atomic E-state index is 0.0374. The summed E-state index contributed by atoms with van der Waals surface area (Å²) in [5.74, 6) is 2.56. The second kappa shape index (κ2) is 10.1. The predicted molar refractivity (Wildman–Crippen MR) is 163 cm³/mol. The van der Waals surface area contributed by atoms with Crippen LogP contribution < -0.4 is 20.7 Å². The van der Waals surface area contributed by atoms with E-state index in [4.69, 9.17) is 25.0 Å². The third-order valence-electron chi connectivity index (χ3n) is 10.8. The summed E-state index contributed by atoms with van der Waals surface area (Å²) < 4.78 is 26.9. The molecular formula is C33H39FN8O2. The van der Waals surface area contributed by atoms with Gasteiger partial charge in [0, 0.05) is 55.1 Å². The van der Waals surface area contributed by atoms with E-state index in [-0.39, 0.29) is 17.7 Å². The molecule has 0 amide bonds. The lowest BCUT2D eigenvalue weighted by atomic mass is 9.68. The van der Waals surface area contributed by atoms with Crippen molar-refractivity contribution in [2.24, 2.45) is 0 Å². The third kappa shape index (κ3) is 4.37. The summed E-state index contributed by atoms with van der Waals surface area (Å²) in [5, 5.41) is 18.4. The van der Waals surface area contributed by atoms with Crippen molar-refractivity contribution >= 4 is 11.5 Å². The van der Waals surface area contributed by atoms with Crippen LogP contribution in [0.1, 0.15) is 73.5 Å². The lowest BCUT2D eigenvalue weighted by Gasteiger charge is -2.35. The number of rotatable bonds is 5. The van der Waals surface area contributed by atoms with Gasteiger partial charge in [-0.05, 0) is 82.5 Å². The van der Waals surface area contributed by atoms with Gasteiger partial charge in [-0.2, -0.15) is 10.2 Å². The molecule has 8 rings (SSSR count). The molecule has 0 bridgehead atoms. The number of halogens is 1. The van der Waals surface area contributed by atoms with Crippen molar-refractivity contribution in [2.45, 2.75) is 87.6 Å². The number of anilines is 2. The zero-order chi connectivity index (χ0) is 30.2. The van der Waals surface area contributed by atoms with Crippen molar-refractivity contribution in [3.05, 3.63) is 46.2 Å². The molecule has 1 aromatic carbocycles. The summed E-state index contributed by atoms with van der Waals surface area (Å²) in [5.41, 5.74) is 10.9. The van der Waals surface area contributed by atoms with Crippen LogP contribution >= 0.6 is 0 Å². The Kier molecular flexibility index (Phi) is 6.40. The molecule has 230 valence electrons. The number of likely N-dealkylation sites (N-methyl/N-ethyl adjacent to an activating group) is 1. The minimum Gasteiger partial charge on any atom is -0.473 e. The maximum absolute atomic E-state index is 14.2. The standard InChI is InChI=1S/C33H39FN8O2/c1-19(25-14-21(34)17-41(25)2)43-27-15-26(42-13-12-37-32(18-42)10-11-32)38-31(39-27)29-22-4-3-8-33(30(22)44-40-29)9-7-20-5-6-24(36)23(16-35)28(20)33/h5-6,15,19,21,25,37H,3-4,7-14,17-18,36H2,1-2H3. The Balaban J connectivity index is 1.20. The first kappa shape index (κ1) is 27.8. The maximum Gasteiger partial charge on any atom is 0.219 e. The van der Waals surface area contributed by atoms with Gasteiger partial charge in [0.1, 0.15) is 24.2 Å². The molecule has 2 spiro atoms. The molecule has 4 unspecified atom stereocenters. The average Bonchev–Trinajstić information content (AvgIpc) is 3.30. The van der Waals surface area contributed by atoms with Crippen LogP contribution in [0.2, 0.25) is 0 Å². The molecule has 4 heterocycles. The number of benzene rings is 1. The van der Waals surface area contributed by atoms with Crippen molar-refractivity contribution in [1.82, 2.24) is 25.3 Å². The number of alkyl halides is 1. The normalized spacial score (nSPS) is 27.7. The number of likely N-dealkylation sites (tertiary alicyclic amines) is 1. The monoisotopic (exact) mass is 598 g/mol. The first-order valence-corrected chi connectivity index (χ1v) is 16.0. The molecule has 2 saturated heterocycles. The van der Waals surface area contributed by atoms with E-state index in [0.29, 0.717) is 41.6 Å². The molecule has 1 saturated carbocycles. The van der Waals surface area contributed by atoms with E-state index in [2.05, 4.69) is 27.5 Å². The largest absolute Gasteiger partial charge is 0.473 e. The number of ether oxygens (including phenoxy) is 1. The van der Waals surface area contributed by atoms with Crippen LogP contribution in [0.5, 0.6) is 5.88 Å². The number of nitriles is 1. The molecule has 3 N–H and O–H groups in total. The highest BCUT2D eigenvalue weighted by Gasteiger charge is 2.50. The zero-order valence-electron chi connectivity index (χ0n) is 25.4. The number of aromatic nitrogens is 3. The molecule has 2 aliphatic heterocycles. The van der Waals surface area contributed by atoms with Gasteiger partial charge >= 0.3 is 0 Å². The second-order valence-corrected chi connectivity index (χ2v) is 13.6. The van der Waals surface area contributed by atoms with E-state index in [1.54, 1.807) is 0 Å². The minimum atomic E-state index is -0.852. The van der Waals surface area contributed by atoms with Crippen LogP contribution in [0, 0.1) is 11.3 Å². The van der Waals surface area contributed by atoms with Crippen molar-refractivity contribution in [3.8, 4) is 23.5 Å². The summed E-state index contributed by atoms with van der Waals surface area (Å²) in [6, 6.07) is 8.16. The lowest BCUT2D eigenvalue weighted by Crippen LogP contribution is -2.52. The zero-order valence-corrected chi connectivity index (χ0v) is 25.4. The van der Waals surface area contributed by atoms with E-state index in [9.17, 15) is 9.65 Å². The Morgan fingerprint density at radius 1 is 1.23 bits per heavy atom. The maximum atomic E-state index is 14.2. The number of hydrogen-bond donors (Lipinski definition) is 2. The van der Waals surface area contributed by atoms with E-state index in [1.807, 2.05) is 31.0 Å². The smallest absolute Gasteiger partial charge is 0.219 e. The van der Waals surface area contributed by atoms with E-state index < -0.39 is 11.6 Å². The number of aryl methyl sites for hydroxylation is 1. The third-order valence-corrected chi connectivity index (χ3v) is 10.8. The number of nitrogens with zero attached hydrogens (tertiary/aromatic N) is 6. The highest BCUT2D eigenvalue weighted by Crippen LogP contribution is 2.54. The SMILES string of the molecule is CC(Oc1cc(N2CCNC3(CC3)C2)nc(-c2noc3c2CCCC32CCc3ccc(N)c(C#N)c32)n1)C1CC(F)CN1C. The van der Waals surface area contributed by atoms with Crippen molar-refractivity contribution < 1.29 is 13.7 Å². The molecular weight excluding hydrogens is 559 g/mol. The highest BCUT2D eigenvalue weighted by atomic mass is 19.1. The van der Waals surface area contributed by atoms with Gasteiger partial charge in [0.15, 0.2) is 17.3 Å². The fraction of sp³-hybridized carbons (Fsp3) is 0.576. The molecule has 3 fully saturated rings. The molecule has 2 aromatic heterocycles. The van der Waals surface area contributed by atoms with Crippen LogP contribution in [-0.2, 0) is 18.3 Å². The van der Waals surface area contributed by atoms with Crippen LogP contribution in [0.15, 0.2) is 22.7 Å². The summed E-state index contributed by atoms with van der Waals surface area (Å²) in [4.78, 5) is 14.3. The summed E-state index contributed by atoms with van der Waals surface area (Å²) in [7, 11) is 1.95. The van der Waals surface area contributed by atoms with Crippen LogP contribution in [0.3, 0.4) is 0 Å². The molecule has 3 aliphatic carbocycles. The van der Waals surface area contributed by atoms with Gasteiger partial charge in [0.05, 0.1) is 11.0 Å². The number of hydrogen-bond acceptors (Lipinski definition) is 10. The van der Waals surface area contributed by atoms with Crippen LogP contribution in [0.25, 0.3) is 11.5 Å². The number of piperazine rings is 1. The van der Waals surface area contributed by atoms with Gasteiger partial charge in [-0.1, -0.05) is 11.2 Å². The molecule has 3 aromatic rings. The average molecular weight is 599 g/mol. The van der Waals surface area contributed by atoms with Crippen molar-refractivity contribution in [3.63, 3.8) is 0 Å². The Morgan fingerprint density at radius 3 is 2.86 bits per heavy atom. The Hall–Kier alpha value is -3.75. The Labute approximate surface area is 256 Å². The fourth-order valence-corrected chi connectivity index (χ4v) is 8.42. The van der Waals surface area contributed by atoms with Gasteiger partial charge in [0.2, 0.25) is 5.88 Å². The van der Waals surface area contributed by atoms with Gasteiger partial charge in [-0.3, -0.25) is 4.90 Å². The lowest BCUT2D eigenvalue weighted by molar-refractivity contribution is 0.117. The fourth-order valence-electron chi connectivity index (χ4n) is 8.42. The summed E-state index contributed by atoms with van der Waals surface area (Å²) >= 11 is 0. The number of nitrogens with two attached hydrogens (primary N) is 1. The Morgan fingerprint density at radius 2 is 2.09 bits per heavy atom. The van der Waals surface area contributed by atoms with Crippen molar-refractivity contribution in [1.29, 1.82) is 5.26 Å². The topological polar surface area (TPSA) is 129 Å². The van der Waals surface area contributed by atoms with Crippen LogP contribution in [0.4, 0.5) is 15.9 Å². The van der Waals surface area contributed by atoms with E-state index in [0.717, 1.165) is 92.8 Å². The number of nitrogen functional groups attached to an aromatic ring is 1. The second-order valence-electron chi connectivity index (χ2n) is 13.6. The van der Waals surface area contributed by atoms with Gasteiger partial charge in [-0.15, -0.1) is 0 Å². The van der Waals surface area contributed by atoms with Crippen molar-refractivity contribution in [2.75, 3.05) is 43.9 Å². The molecule has 10 nitrogen and oxygen atoms in total. The number of fused-ring (bicyclic) bond motifs is 4. The quantitative estimate of drug-likeness (QED) is 0.417. The molecule has 4 atom stereocenters. The van der Waals surface area contributed by atoms with E-state index >= 15 is 0 Å². The molecule has 44 heavy (non-hydrogen) atoms. The van der Waals surface area contributed by atoms with Gasteiger partial charge in [-0.25, -0.2) is 9.37 Å². The highest BCUT2D eigenvalue weighted by molar-refractivity contribution is 5.68. The summed E-state index contributed by atoms with van der Waals surface area (Å²) in [6.45, 7) is 5.00. The Bertz CT molecular complexity index is 1660. The van der Waals surface area contributed by atoms with Gasteiger partial charge in [0.25, 0.3) is 0 Å². The summed E-state index contributed by atoms with van der Waals surface area (Å²) in [6.07, 6.45) is 5.97. The first-order chi connectivity index (χ1) is 21.3. The first-order valence-electron chi connectivity index (χ1n) is 16.0. The molecule has 11 heteroatoms. The predicted octanol–water partition coefficient (Wildman–Crippen LogP) is 3.91. The number of nitrogens with one attached hydrogen (secondary N) is 1. The molecule has 0 radical (unpaired) electrons.